The number of allylic oxidation sites excluding steroid dienone is 1. The Morgan fingerprint density at radius 1 is 0.854 bits per heavy atom. The molecule has 0 spiro atoms. The lowest BCUT2D eigenvalue weighted by molar-refractivity contribution is 0.174. The average Bonchev–Trinajstić information content (AvgIpc) is 3.72. The van der Waals surface area contributed by atoms with Crippen molar-refractivity contribution in [2.75, 3.05) is 28.1 Å². The lowest BCUT2D eigenvalue weighted by Gasteiger charge is -2.31. The highest BCUT2D eigenvalue weighted by Gasteiger charge is 2.33. The number of ether oxygens (including phenoxy) is 6. The van der Waals surface area contributed by atoms with Crippen LogP contribution in [0.15, 0.2) is 94.2 Å². The summed E-state index contributed by atoms with van der Waals surface area (Å²) in [4.78, 5) is 20.1. The van der Waals surface area contributed by atoms with Crippen molar-refractivity contribution in [2.45, 2.75) is 25.5 Å². The van der Waals surface area contributed by atoms with E-state index in [4.69, 9.17) is 33.4 Å². The smallest absolute Gasteiger partial charge is 0.271 e. The van der Waals surface area contributed by atoms with Gasteiger partial charge in [-0.05, 0) is 83.1 Å². The molecule has 1 atom stereocenters. The third kappa shape index (κ3) is 5.18. The van der Waals surface area contributed by atoms with Crippen molar-refractivity contribution in [1.82, 2.24) is 4.57 Å². The molecule has 0 saturated heterocycles. The highest BCUT2D eigenvalue weighted by Crippen LogP contribution is 2.43. The molecule has 0 bridgehead atoms. The number of rotatable bonds is 8. The monoisotopic (exact) mass is 660 g/mol. The van der Waals surface area contributed by atoms with Gasteiger partial charge in [0.2, 0.25) is 6.79 Å². The predicted octanol–water partition coefficient (Wildman–Crippen LogP) is 5.65. The minimum absolute atomic E-state index is 0.106. The molecule has 0 radical (unpaired) electrons. The summed E-state index contributed by atoms with van der Waals surface area (Å²) in [6, 6.07) is 25.3. The molecule has 48 heavy (non-hydrogen) atoms. The van der Waals surface area contributed by atoms with E-state index in [1.807, 2.05) is 71.3 Å². The van der Waals surface area contributed by atoms with Crippen LogP contribution in [0.4, 0.5) is 0 Å². The van der Waals surface area contributed by atoms with Crippen LogP contribution in [0.2, 0.25) is 0 Å². The average molecular weight is 661 g/mol. The SMILES string of the molecule is COc1ccc([C@H]2C3=C(N=c4s/c(=C/c5ccc(OCc6ccc7c(c6)OCO7)c(OC)c5)c(=O)n42)c2ccccc2CC3)cc1OC. The summed E-state index contributed by atoms with van der Waals surface area (Å²) < 4.78 is 36.3. The number of benzene rings is 4. The summed E-state index contributed by atoms with van der Waals surface area (Å²) in [5, 5.41) is 0. The Morgan fingerprint density at radius 3 is 2.50 bits per heavy atom. The van der Waals surface area contributed by atoms with E-state index in [2.05, 4.69) is 18.2 Å². The van der Waals surface area contributed by atoms with Gasteiger partial charge in [-0.3, -0.25) is 9.36 Å². The predicted molar refractivity (Wildman–Crippen MR) is 182 cm³/mol. The van der Waals surface area contributed by atoms with Crippen molar-refractivity contribution in [3.63, 3.8) is 0 Å². The largest absolute Gasteiger partial charge is 0.493 e. The van der Waals surface area contributed by atoms with Crippen molar-refractivity contribution < 1.29 is 28.4 Å². The van der Waals surface area contributed by atoms with Gasteiger partial charge in [-0.2, -0.15) is 0 Å². The van der Waals surface area contributed by atoms with E-state index in [-0.39, 0.29) is 18.4 Å². The number of aromatic nitrogens is 1. The quantitative estimate of drug-likeness (QED) is 0.213. The molecule has 3 heterocycles. The fourth-order valence-corrected chi connectivity index (χ4v) is 7.58. The fraction of sp³-hybridized carbons (Fsp3) is 0.211. The number of aryl methyl sites for hydroxylation is 1. The maximum absolute atomic E-state index is 14.3. The van der Waals surface area contributed by atoms with Gasteiger partial charge in [0.15, 0.2) is 39.3 Å². The van der Waals surface area contributed by atoms with Gasteiger partial charge < -0.3 is 28.4 Å². The minimum Gasteiger partial charge on any atom is -0.493 e. The van der Waals surface area contributed by atoms with Crippen molar-refractivity contribution in [3.05, 3.63) is 132 Å². The molecule has 5 aromatic rings. The molecular formula is C38H32N2O7S. The van der Waals surface area contributed by atoms with E-state index < -0.39 is 0 Å². The van der Waals surface area contributed by atoms with E-state index in [9.17, 15) is 4.79 Å². The molecule has 0 unspecified atom stereocenters. The van der Waals surface area contributed by atoms with Gasteiger partial charge in [-0.15, -0.1) is 0 Å². The summed E-state index contributed by atoms with van der Waals surface area (Å²) in [6.07, 6.45) is 3.56. The molecule has 2 aliphatic heterocycles. The molecule has 1 aromatic heterocycles. The first-order valence-electron chi connectivity index (χ1n) is 15.6. The van der Waals surface area contributed by atoms with E-state index in [1.165, 1.54) is 16.9 Å². The van der Waals surface area contributed by atoms with Gasteiger partial charge in [-0.1, -0.05) is 53.8 Å². The number of hydrogen-bond acceptors (Lipinski definition) is 9. The van der Waals surface area contributed by atoms with E-state index in [0.29, 0.717) is 44.7 Å². The van der Waals surface area contributed by atoms with Crippen molar-refractivity contribution in [3.8, 4) is 34.5 Å². The van der Waals surface area contributed by atoms with Gasteiger partial charge in [0, 0.05) is 5.56 Å². The van der Waals surface area contributed by atoms with Crippen molar-refractivity contribution >= 4 is 23.1 Å². The topological polar surface area (TPSA) is 89.7 Å². The second kappa shape index (κ2) is 12.3. The van der Waals surface area contributed by atoms with Crippen LogP contribution < -0.4 is 43.3 Å². The Morgan fingerprint density at radius 2 is 1.65 bits per heavy atom. The minimum atomic E-state index is -0.340. The van der Waals surface area contributed by atoms with E-state index in [1.54, 1.807) is 21.3 Å². The number of hydrogen-bond donors (Lipinski definition) is 0. The zero-order chi connectivity index (χ0) is 32.8. The molecule has 9 nitrogen and oxygen atoms in total. The van der Waals surface area contributed by atoms with Crippen LogP contribution in [0, 0.1) is 0 Å². The highest BCUT2D eigenvalue weighted by atomic mass is 32.1. The van der Waals surface area contributed by atoms with E-state index in [0.717, 1.165) is 52.1 Å². The zero-order valence-corrected chi connectivity index (χ0v) is 27.5. The Labute approximate surface area is 280 Å². The van der Waals surface area contributed by atoms with Crippen LogP contribution in [0.25, 0.3) is 11.8 Å². The van der Waals surface area contributed by atoms with Crippen LogP contribution in [-0.4, -0.2) is 32.7 Å². The van der Waals surface area contributed by atoms with Crippen LogP contribution >= 0.6 is 11.3 Å². The third-order valence-electron chi connectivity index (χ3n) is 8.91. The maximum Gasteiger partial charge on any atom is 0.271 e. The lowest BCUT2D eigenvalue weighted by atomic mass is 9.83. The summed E-state index contributed by atoms with van der Waals surface area (Å²) >= 11 is 1.38. The third-order valence-corrected chi connectivity index (χ3v) is 9.90. The Kier molecular flexibility index (Phi) is 7.64. The second-order valence-corrected chi connectivity index (χ2v) is 12.6. The lowest BCUT2D eigenvalue weighted by Crippen LogP contribution is -2.38. The van der Waals surface area contributed by atoms with Crippen molar-refractivity contribution in [1.29, 1.82) is 0 Å². The van der Waals surface area contributed by atoms with Gasteiger partial charge in [0.05, 0.1) is 37.6 Å². The first-order valence-corrected chi connectivity index (χ1v) is 16.4. The van der Waals surface area contributed by atoms with Crippen LogP contribution in [0.3, 0.4) is 0 Å². The molecule has 0 fully saturated rings. The van der Waals surface area contributed by atoms with Crippen LogP contribution in [0.5, 0.6) is 34.5 Å². The Hall–Kier alpha value is -5.48. The molecule has 3 aliphatic rings. The highest BCUT2D eigenvalue weighted by molar-refractivity contribution is 7.07. The summed E-state index contributed by atoms with van der Waals surface area (Å²) in [6.45, 7) is 0.550. The fourth-order valence-electron chi connectivity index (χ4n) is 6.58. The second-order valence-electron chi connectivity index (χ2n) is 11.6. The maximum atomic E-state index is 14.3. The molecule has 0 N–H and O–H groups in total. The normalized spacial score (nSPS) is 16.1. The molecule has 10 heteroatoms. The Bertz CT molecular complexity index is 2290. The standard InChI is InChI=1S/C38H32N2O7S/c1-42-28-15-11-25(19-32(28)44-3)36-27-12-10-24-6-4-5-7-26(24)35(27)39-38-40(36)37(41)34(48-38)18-22-8-13-29(31(16-22)43-2)45-20-23-9-14-30-33(17-23)47-21-46-30/h4-9,11,13-19,36H,10,12,20-21H2,1-3H3/b34-18+/t36-/m0/s1. The summed E-state index contributed by atoms with van der Waals surface area (Å²) in [5.41, 5.74) is 7.02. The van der Waals surface area contributed by atoms with Gasteiger partial charge in [-0.25, -0.2) is 4.99 Å². The Balaban J connectivity index is 1.18. The van der Waals surface area contributed by atoms with Crippen LogP contribution in [-0.2, 0) is 13.0 Å². The zero-order valence-electron chi connectivity index (χ0n) is 26.6. The molecule has 8 rings (SSSR count). The van der Waals surface area contributed by atoms with Gasteiger partial charge >= 0.3 is 0 Å². The van der Waals surface area contributed by atoms with E-state index >= 15 is 0 Å². The van der Waals surface area contributed by atoms with Crippen LogP contribution in [0.1, 0.15) is 40.3 Å². The number of thiazole rings is 1. The van der Waals surface area contributed by atoms with Gasteiger partial charge in [0.1, 0.15) is 6.61 Å². The summed E-state index contributed by atoms with van der Waals surface area (Å²) in [7, 11) is 4.84. The first-order chi connectivity index (χ1) is 23.5. The first kappa shape index (κ1) is 29.9. The summed E-state index contributed by atoms with van der Waals surface area (Å²) in [5.74, 6) is 3.83. The van der Waals surface area contributed by atoms with Crippen molar-refractivity contribution in [2.24, 2.45) is 4.99 Å². The molecular weight excluding hydrogens is 628 g/mol. The molecule has 0 amide bonds. The molecule has 0 saturated carbocycles. The molecule has 242 valence electrons. The molecule has 4 aromatic carbocycles. The molecule has 1 aliphatic carbocycles. The number of methoxy groups -OCH3 is 3. The number of nitrogens with zero attached hydrogens (tertiary/aromatic N) is 2. The van der Waals surface area contributed by atoms with Gasteiger partial charge in [0.25, 0.3) is 5.56 Å². The number of fused-ring (bicyclic) bond motifs is 4.